The van der Waals surface area contributed by atoms with Gasteiger partial charge in [0.05, 0.1) is 0 Å². The molecule has 1 aromatic heterocycles. The normalized spacial score (nSPS) is 28.5. The molecule has 10 heteroatoms. The van der Waals surface area contributed by atoms with Crippen molar-refractivity contribution >= 4 is 21.9 Å². The lowest BCUT2D eigenvalue weighted by Gasteiger charge is -2.16. The monoisotopic (exact) mass is 364 g/mol. The molecule has 21 heavy (non-hydrogen) atoms. The van der Waals surface area contributed by atoms with Crippen LogP contribution in [0, 0.1) is 0 Å². The summed E-state index contributed by atoms with van der Waals surface area (Å²) in [6.45, 7) is -0.267. The second-order valence-corrected chi connectivity index (χ2v) is 4.94. The number of halogens is 1. The lowest BCUT2D eigenvalue weighted by atomic mass is 10.1. The molecule has 0 saturated carbocycles. The van der Waals surface area contributed by atoms with Crippen LogP contribution in [0.1, 0.15) is 6.23 Å². The number of hydrogen-bond acceptors (Lipinski definition) is 7. The van der Waals surface area contributed by atoms with Crippen molar-refractivity contribution in [3.8, 4) is 0 Å². The molecule has 116 valence electrons. The Hall–Kier alpha value is -1.49. The maximum atomic E-state index is 11.6. The van der Waals surface area contributed by atoms with E-state index in [9.17, 15) is 24.6 Å². The highest BCUT2D eigenvalue weighted by Gasteiger charge is 2.44. The minimum absolute atomic E-state index is 0.0127. The third kappa shape index (κ3) is 3.40. The van der Waals surface area contributed by atoms with Gasteiger partial charge in [-0.15, -0.1) is 0 Å². The highest BCUT2D eigenvalue weighted by atomic mass is 79.9. The molecule has 2 heterocycles. The van der Waals surface area contributed by atoms with Crippen LogP contribution in [0.15, 0.2) is 21.9 Å². The van der Waals surface area contributed by atoms with Crippen LogP contribution in [0.4, 0.5) is 0 Å². The van der Waals surface area contributed by atoms with E-state index in [1.54, 1.807) is 0 Å². The van der Waals surface area contributed by atoms with E-state index in [0.717, 1.165) is 16.8 Å². The number of rotatable bonds is 4. The lowest BCUT2D eigenvalue weighted by Crippen LogP contribution is -2.37. The van der Waals surface area contributed by atoms with E-state index in [2.05, 4.69) is 15.9 Å². The van der Waals surface area contributed by atoms with E-state index in [-0.39, 0.29) is 11.9 Å². The van der Waals surface area contributed by atoms with Crippen molar-refractivity contribution in [1.82, 2.24) is 9.55 Å². The fraction of sp³-hybridized carbons (Fsp3) is 0.545. The first kappa shape index (κ1) is 15.9. The van der Waals surface area contributed by atoms with Gasteiger partial charge >= 0.3 is 11.7 Å². The molecular weight excluding hydrogens is 352 g/mol. The molecule has 0 aromatic carbocycles. The van der Waals surface area contributed by atoms with Crippen LogP contribution in [0.2, 0.25) is 0 Å². The Kier molecular flexibility index (Phi) is 4.93. The van der Waals surface area contributed by atoms with Crippen molar-refractivity contribution in [2.24, 2.45) is 0 Å². The van der Waals surface area contributed by atoms with Crippen LogP contribution in [0.5, 0.6) is 0 Å². The quantitative estimate of drug-likeness (QED) is 0.419. The zero-order valence-electron chi connectivity index (χ0n) is 10.6. The van der Waals surface area contributed by atoms with Gasteiger partial charge in [0.1, 0.15) is 30.2 Å². The first-order valence-corrected chi connectivity index (χ1v) is 7.11. The average molecular weight is 365 g/mol. The largest absolute Gasteiger partial charge is 0.462 e. The number of aromatic nitrogens is 2. The fourth-order valence-electron chi connectivity index (χ4n) is 1.94. The van der Waals surface area contributed by atoms with Gasteiger partial charge in [-0.3, -0.25) is 19.1 Å². The molecule has 0 radical (unpaired) electrons. The topological polar surface area (TPSA) is 131 Å². The highest BCUT2D eigenvalue weighted by molar-refractivity contribution is 9.09. The summed E-state index contributed by atoms with van der Waals surface area (Å²) < 4.78 is 11.1. The number of aliphatic hydroxyl groups is 2. The summed E-state index contributed by atoms with van der Waals surface area (Å²) in [6.07, 6.45) is -3.75. The van der Waals surface area contributed by atoms with Gasteiger partial charge in [0.25, 0.3) is 5.56 Å². The van der Waals surface area contributed by atoms with Crippen molar-refractivity contribution in [1.29, 1.82) is 0 Å². The van der Waals surface area contributed by atoms with Crippen LogP contribution < -0.4 is 11.2 Å². The predicted molar refractivity (Wildman–Crippen MR) is 72.0 cm³/mol. The smallest absolute Gasteiger partial charge is 0.330 e. The summed E-state index contributed by atoms with van der Waals surface area (Å²) in [4.78, 5) is 35.7. The molecule has 1 aliphatic rings. The third-order valence-electron chi connectivity index (χ3n) is 2.98. The van der Waals surface area contributed by atoms with Gasteiger partial charge in [-0.2, -0.15) is 0 Å². The van der Waals surface area contributed by atoms with Crippen molar-refractivity contribution in [2.75, 3.05) is 11.9 Å². The summed E-state index contributed by atoms with van der Waals surface area (Å²) in [5, 5.41) is 19.8. The number of hydrogen-bond donors (Lipinski definition) is 3. The fourth-order valence-corrected chi connectivity index (χ4v) is 2.10. The summed E-state index contributed by atoms with van der Waals surface area (Å²) in [6, 6.07) is 1.09. The first-order chi connectivity index (χ1) is 9.93. The molecule has 0 unspecified atom stereocenters. The molecule has 1 saturated heterocycles. The summed E-state index contributed by atoms with van der Waals surface area (Å²) >= 11 is 2.91. The van der Waals surface area contributed by atoms with Gasteiger partial charge in [-0.05, 0) is 0 Å². The Morgan fingerprint density at radius 2 is 2.14 bits per heavy atom. The second kappa shape index (κ2) is 6.52. The number of carbonyl (C=O) groups is 1. The number of aromatic amines is 1. The second-order valence-electron chi connectivity index (χ2n) is 4.38. The Labute approximate surface area is 126 Å². The van der Waals surface area contributed by atoms with Crippen molar-refractivity contribution in [3.63, 3.8) is 0 Å². The zero-order valence-corrected chi connectivity index (χ0v) is 12.2. The maximum Gasteiger partial charge on any atom is 0.330 e. The predicted octanol–water partition coefficient (Wildman–Crippen LogP) is -1.91. The van der Waals surface area contributed by atoms with Crippen molar-refractivity contribution in [3.05, 3.63) is 33.1 Å². The molecule has 1 aromatic rings. The Bertz CT molecular complexity index is 627. The molecule has 0 spiro atoms. The maximum absolute atomic E-state index is 11.6. The summed E-state index contributed by atoms with van der Waals surface area (Å²) in [5.41, 5.74) is -1.37. The molecule has 0 amide bonds. The number of alkyl halides is 1. The summed E-state index contributed by atoms with van der Waals surface area (Å²) in [5.74, 6) is -0.551. The highest BCUT2D eigenvalue weighted by Crippen LogP contribution is 2.28. The van der Waals surface area contributed by atoms with E-state index >= 15 is 0 Å². The van der Waals surface area contributed by atoms with Gasteiger partial charge < -0.3 is 19.7 Å². The van der Waals surface area contributed by atoms with Gasteiger partial charge in [-0.1, -0.05) is 15.9 Å². The molecule has 2 rings (SSSR count). The van der Waals surface area contributed by atoms with E-state index in [1.807, 2.05) is 4.98 Å². The molecule has 1 aliphatic heterocycles. The molecule has 3 N–H and O–H groups in total. The first-order valence-electron chi connectivity index (χ1n) is 5.98. The SMILES string of the molecule is O=C(CBr)OC[C@H]1O[C@@H](n2ccc(=O)[nH]c2=O)[C@H](O)[C@@H]1O. The number of ether oxygens (including phenoxy) is 2. The lowest BCUT2D eigenvalue weighted by molar-refractivity contribution is -0.146. The number of nitrogens with zero attached hydrogens (tertiary/aromatic N) is 1. The van der Waals surface area contributed by atoms with Crippen LogP contribution in [-0.2, 0) is 14.3 Å². The van der Waals surface area contributed by atoms with Crippen LogP contribution in [-0.4, -0.2) is 56.0 Å². The van der Waals surface area contributed by atoms with Crippen molar-refractivity contribution in [2.45, 2.75) is 24.5 Å². The van der Waals surface area contributed by atoms with Gasteiger partial charge in [0, 0.05) is 12.3 Å². The van der Waals surface area contributed by atoms with Gasteiger partial charge in [0.2, 0.25) is 0 Å². The minimum atomic E-state index is -1.40. The van der Waals surface area contributed by atoms with E-state index in [4.69, 9.17) is 9.47 Å². The third-order valence-corrected chi connectivity index (χ3v) is 3.44. The summed E-state index contributed by atoms with van der Waals surface area (Å²) in [7, 11) is 0. The van der Waals surface area contributed by atoms with Crippen LogP contribution >= 0.6 is 15.9 Å². The number of nitrogens with one attached hydrogen (secondary N) is 1. The van der Waals surface area contributed by atoms with Crippen molar-refractivity contribution < 1.29 is 24.5 Å². The van der Waals surface area contributed by atoms with E-state index in [0.29, 0.717) is 0 Å². The average Bonchev–Trinajstić information content (AvgIpc) is 2.73. The minimum Gasteiger partial charge on any atom is -0.462 e. The Morgan fingerprint density at radius 3 is 2.76 bits per heavy atom. The van der Waals surface area contributed by atoms with Crippen LogP contribution in [0.3, 0.4) is 0 Å². The van der Waals surface area contributed by atoms with E-state index in [1.165, 1.54) is 0 Å². The Morgan fingerprint density at radius 1 is 1.43 bits per heavy atom. The van der Waals surface area contributed by atoms with Gasteiger partial charge in [-0.25, -0.2) is 4.79 Å². The Balaban J connectivity index is 2.14. The van der Waals surface area contributed by atoms with Crippen LogP contribution in [0.25, 0.3) is 0 Å². The molecule has 0 aliphatic carbocycles. The molecule has 4 atom stereocenters. The standard InChI is InChI=1S/C11H13BrN2O7/c12-3-7(16)20-4-5-8(17)9(18)10(21-5)14-2-1-6(15)13-11(14)19/h1-2,5,8-10,17-18H,3-4H2,(H,13,15,19)/t5-,8-,9-,10-/m1/s1. The molecule has 1 fully saturated rings. The molecular formula is C11H13BrN2O7. The molecule has 9 nitrogen and oxygen atoms in total. The van der Waals surface area contributed by atoms with Gasteiger partial charge in [0.15, 0.2) is 6.23 Å². The zero-order chi connectivity index (χ0) is 15.6. The van der Waals surface area contributed by atoms with E-state index < -0.39 is 41.8 Å². The molecule has 0 bridgehead atoms. The number of H-pyrrole nitrogens is 1. The number of aliphatic hydroxyl groups excluding tert-OH is 2. The number of esters is 1. The number of carbonyl (C=O) groups excluding carboxylic acids is 1.